The highest BCUT2D eigenvalue weighted by Gasteiger charge is 2.26. The number of rotatable bonds is 5. The zero-order valence-electron chi connectivity index (χ0n) is 13.8. The van der Waals surface area contributed by atoms with Gasteiger partial charge in [-0.25, -0.2) is 4.98 Å². The molecule has 2 heterocycles. The van der Waals surface area contributed by atoms with Crippen LogP contribution in [0.5, 0.6) is 0 Å². The van der Waals surface area contributed by atoms with Crippen molar-refractivity contribution in [3.8, 4) is 0 Å². The quantitative estimate of drug-likeness (QED) is 0.896. The molecule has 114 valence electrons. The summed E-state index contributed by atoms with van der Waals surface area (Å²) in [5, 5.41) is 3.43. The number of hydrogen-bond donors (Lipinski definition) is 1. The van der Waals surface area contributed by atoms with E-state index in [1.54, 1.807) is 0 Å². The summed E-state index contributed by atoms with van der Waals surface area (Å²) < 4.78 is 2.49. The molecule has 1 aromatic heterocycles. The molecular weight excluding hydrogens is 248 g/mol. The van der Waals surface area contributed by atoms with Gasteiger partial charge in [0.2, 0.25) is 0 Å². The van der Waals surface area contributed by atoms with E-state index < -0.39 is 0 Å². The van der Waals surface area contributed by atoms with Crippen molar-refractivity contribution in [2.24, 2.45) is 0 Å². The molecule has 0 saturated heterocycles. The molecule has 1 N–H and O–H groups in total. The lowest BCUT2D eigenvalue weighted by Gasteiger charge is -2.24. The molecule has 2 rings (SSSR count). The van der Waals surface area contributed by atoms with E-state index in [1.165, 1.54) is 17.2 Å². The van der Waals surface area contributed by atoms with Gasteiger partial charge < -0.3 is 14.8 Å². The molecule has 0 saturated carbocycles. The molecule has 0 fully saturated rings. The number of hydrogen-bond acceptors (Lipinski definition) is 3. The van der Waals surface area contributed by atoms with E-state index in [1.807, 2.05) is 0 Å². The van der Waals surface area contributed by atoms with Gasteiger partial charge in [-0.2, -0.15) is 0 Å². The Hall–Kier alpha value is -0.870. The van der Waals surface area contributed by atoms with Gasteiger partial charge in [0, 0.05) is 43.7 Å². The smallest absolute Gasteiger partial charge is 0.114 e. The van der Waals surface area contributed by atoms with Gasteiger partial charge in [-0.3, -0.25) is 0 Å². The molecule has 0 spiro atoms. The van der Waals surface area contributed by atoms with Crippen LogP contribution < -0.4 is 5.32 Å². The van der Waals surface area contributed by atoms with Crippen LogP contribution in [0.25, 0.3) is 0 Å². The average molecular weight is 278 g/mol. The van der Waals surface area contributed by atoms with Crippen molar-refractivity contribution >= 4 is 0 Å². The first kappa shape index (κ1) is 15.5. The third kappa shape index (κ3) is 3.23. The summed E-state index contributed by atoms with van der Waals surface area (Å²) in [5.41, 5.74) is 2.84. The fourth-order valence-corrected chi connectivity index (χ4v) is 2.97. The van der Waals surface area contributed by atoms with Gasteiger partial charge in [0.1, 0.15) is 5.82 Å². The molecule has 1 aliphatic heterocycles. The summed E-state index contributed by atoms with van der Waals surface area (Å²) in [7, 11) is 0. The molecule has 1 aromatic rings. The maximum absolute atomic E-state index is 4.93. The van der Waals surface area contributed by atoms with Gasteiger partial charge in [0.05, 0.1) is 5.69 Å². The molecule has 0 aromatic carbocycles. The average Bonchev–Trinajstić information content (AvgIpc) is 2.79. The van der Waals surface area contributed by atoms with Crippen LogP contribution in [-0.2, 0) is 24.9 Å². The van der Waals surface area contributed by atoms with Crippen molar-refractivity contribution in [2.75, 3.05) is 26.2 Å². The monoisotopic (exact) mass is 278 g/mol. The van der Waals surface area contributed by atoms with Crippen LogP contribution in [0.1, 0.15) is 51.8 Å². The van der Waals surface area contributed by atoms with Crippen LogP contribution >= 0.6 is 0 Å². The predicted molar refractivity (Wildman–Crippen MR) is 84.1 cm³/mol. The fraction of sp³-hybridized carbons (Fsp3) is 0.812. The lowest BCUT2D eigenvalue weighted by atomic mass is 9.95. The summed E-state index contributed by atoms with van der Waals surface area (Å²) in [6.45, 7) is 17.7. The summed E-state index contributed by atoms with van der Waals surface area (Å²) in [5.74, 6) is 1.25. The van der Waals surface area contributed by atoms with E-state index in [0.29, 0.717) is 0 Å². The van der Waals surface area contributed by atoms with E-state index in [9.17, 15) is 0 Å². The molecule has 0 aliphatic carbocycles. The summed E-state index contributed by atoms with van der Waals surface area (Å²) >= 11 is 0. The first-order valence-corrected chi connectivity index (χ1v) is 7.99. The maximum atomic E-state index is 4.93. The van der Waals surface area contributed by atoms with Crippen molar-refractivity contribution in [3.05, 3.63) is 17.2 Å². The second-order valence-corrected chi connectivity index (χ2v) is 6.68. The Morgan fingerprint density at radius 2 is 1.95 bits per heavy atom. The molecule has 4 nitrogen and oxygen atoms in total. The van der Waals surface area contributed by atoms with E-state index >= 15 is 0 Å². The maximum Gasteiger partial charge on any atom is 0.114 e. The Kier molecular flexibility index (Phi) is 4.86. The van der Waals surface area contributed by atoms with Crippen molar-refractivity contribution in [2.45, 2.75) is 59.5 Å². The number of aromatic nitrogens is 2. The molecule has 0 unspecified atom stereocenters. The van der Waals surface area contributed by atoms with Crippen LogP contribution in [-0.4, -0.2) is 40.6 Å². The normalized spacial score (nSPS) is 15.7. The molecular formula is C16H30N4. The summed E-state index contributed by atoms with van der Waals surface area (Å²) in [4.78, 5) is 7.42. The predicted octanol–water partition coefficient (Wildman–Crippen LogP) is 2.17. The Morgan fingerprint density at radius 3 is 2.55 bits per heavy atom. The fourth-order valence-electron chi connectivity index (χ4n) is 2.97. The van der Waals surface area contributed by atoms with Gasteiger partial charge in [0.25, 0.3) is 0 Å². The van der Waals surface area contributed by atoms with Crippen LogP contribution in [0.4, 0.5) is 0 Å². The largest absolute Gasteiger partial charge is 0.330 e. The first-order valence-electron chi connectivity index (χ1n) is 7.99. The van der Waals surface area contributed by atoms with Gasteiger partial charge in [-0.1, -0.05) is 34.6 Å². The van der Waals surface area contributed by atoms with Crippen LogP contribution in [0.2, 0.25) is 0 Å². The highest BCUT2D eigenvalue weighted by molar-refractivity contribution is 5.23. The first-order chi connectivity index (χ1) is 9.47. The Balaban J connectivity index is 2.26. The Labute approximate surface area is 123 Å². The standard InChI is InChI=1S/C16H30N4/c1-6-19(7-2)10-11-20-14-8-9-17-12-13(14)18-15(20)16(3,4)5/h17H,6-12H2,1-5H3. The van der Waals surface area contributed by atoms with E-state index in [-0.39, 0.29) is 5.41 Å². The van der Waals surface area contributed by atoms with Crippen molar-refractivity contribution in [1.82, 2.24) is 19.8 Å². The van der Waals surface area contributed by atoms with Crippen LogP contribution in [0.3, 0.4) is 0 Å². The molecule has 0 bridgehead atoms. The zero-order valence-corrected chi connectivity index (χ0v) is 13.8. The minimum Gasteiger partial charge on any atom is -0.330 e. The molecule has 1 aliphatic rings. The Bertz CT molecular complexity index is 438. The number of imidazole rings is 1. The highest BCUT2D eigenvalue weighted by Crippen LogP contribution is 2.26. The number of likely N-dealkylation sites (N-methyl/N-ethyl adjacent to an activating group) is 1. The van der Waals surface area contributed by atoms with E-state index in [4.69, 9.17) is 4.98 Å². The number of nitrogens with zero attached hydrogens (tertiary/aromatic N) is 3. The zero-order chi connectivity index (χ0) is 14.8. The number of fused-ring (bicyclic) bond motifs is 1. The second-order valence-electron chi connectivity index (χ2n) is 6.68. The second kappa shape index (κ2) is 6.27. The molecule has 0 atom stereocenters. The van der Waals surface area contributed by atoms with E-state index in [2.05, 4.69) is 49.4 Å². The number of nitrogens with one attached hydrogen (secondary N) is 1. The van der Waals surface area contributed by atoms with E-state index in [0.717, 1.165) is 45.7 Å². The molecule has 4 heteroatoms. The topological polar surface area (TPSA) is 33.1 Å². The minimum atomic E-state index is 0.112. The lowest BCUT2D eigenvalue weighted by molar-refractivity contribution is 0.284. The van der Waals surface area contributed by atoms with Gasteiger partial charge in [-0.05, 0) is 13.1 Å². The third-order valence-corrected chi connectivity index (χ3v) is 4.19. The lowest BCUT2D eigenvalue weighted by Crippen LogP contribution is -2.31. The summed E-state index contributed by atoms with van der Waals surface area (Å²) in [6.07, 6.45) is 1.11. The molecule has 0 amide bonds. The van der Waals surface area contributed by atoms with Crippen LogP contribution in [0, 0.1) is 0 Å². The molecule has 0 radical (unpaired) electrons. The molecule has 20 heavy (non-hydrogen) atoms. The van der Waals surface area contributed by atoms with Crippen molar-refractivity contribution in [1.29, 1.82) is 0 Å². The van der Waals surface area contributed by atoms with Gasteiger partial charge in [0.15, 0.2) is 0 Å². The minimum absolute atomic E-state index is 0.112. The van der Waals surface area contributed by atoms with Crippen molar-refractivity contribution in [3.63, 3.8) is 0 Å². The SMILES string of the molecule is CCN(CC)CCn1c(C(C)(C)C)nc2c1CCNC2. The Morgan fingerprint density at radius 1 is 1.25 bits per heavy atom. The third-order valence-electron chi connectivity index (χ3n) is 4.19. The van der Waals surface area contributed by atoms with Gasteiger partial charge in [-0.15, -0.1) is 0 Å². The summed E-state index contributed by atoms with van der Waals surface area (Å²) in [6, 6.07) is 0. The highest BCUT2D eigenvalue weighted by atomic mass is 15.2. The van der Waals surface area contributed by atoms with Crippen LogP contribution in [0.15, 0.2) is 0 Å². The van der Waals surface area contributed by atoms with Crippen molar-refractivity contribution < 1.29 is 0 Å². The van der Waals surface area contributed by atoms with Gasteiger partial charge >= 0.3 is 0 Å².